The van der Waals surface area contributed by atoms with Gasteiger partial charge in [-0.1, -0.05) is 12.2 Å². The molecule has 2 rings (SSSR count). The summed E-state index contributed by atoms with van der Waals surface area (Å²) in [5, 5.41) is 0.883. The van der Waals surface area contributed by atoms with E-state index < -0.39 is 0 Å². The number of benzene rings is 1. The van der Waals surface area contributed by atoms with Crippen LogP contribution in [0.25, 0.3) is 10.9 Å². The van der Waals surface area contributed by atoms with Gasteiger partial charge in [0, 0.05) is 37.6 Å². The number of hydrogen-bond acceptors (Lipinski definition) is 2. The van der Waals surface area contributed by atoms with Crippen molar-refractivity contribution < 1.29 is 4.39 Å². The number of thiocarbonyl (C=S) groups is 1. The largest absolute Gasteiger partial charge is 0.362 e. The molecule has 16 heavy (non-hydrogen) atoms. The lowest BCUT2D eigenvalue weighted by Crippen LogP contribution is -2.17. The minimum Gasteiger partial charge on any atom is -0.362 e. The molecule has 0 saturated carbocycles. The Balaban J connectivity index is 2.35. The van der Waals surface area contributed by atoms with E-state index in [9.17, 15) is 4.39 Å². The normalized spacial score (nSPS) is 10.7. The lowest BCUT2D eigenvalue weighted by atomic mass is 10.2. The first-order valence-electron chi connectivity index (χ1n) is 4.74. The number of nitrogens with zero attached hydrogens (tertiary/aromatic N) is 2. The highest BCUT2D eigenvalue weighted by molar-refractivity contribution is 8.22. The first kappa shape index (κ1) is 11.4. The van der Waals surface area contributed by atoms with Crippen molar-refractivity contribution in [2.75, 3.05) is 14.1 Å². The smallest absolute Gasteiger partial charge is 0.156 e. The highest BCUT2D eigenvalue weighted by Crippen LogP contribution is 2.22. The fourth-order valence-corrected chi connectivity index (χ4v) is 2.29. The van der Waals surface area contributed by atoms with Crippen LogP contribution in [0.2, 0.25) is 0 Å². The number of halogens is 1. The minimum absolute atomic E-state index is 0.217. The van der Waals surface area contributed by atoms with Crippen molar-refractivity contribution in [3.8, 4) is 0 Å². The van der Waals surface area contributed by atoms with E-state index in [1.165, 1.54) is 24.1 Å². The Kier molecular flexibility index (Phi) is 3.16. The van der Waals surface area contributed by atoms with Gasteiger partial charge in [0.05, 0.1) is 5.52 Å². The first-order valence-corrected chi connectivity index (χ1v) is 5.92. The Morgan fingerprint density at radius 1 is 1.38 bits per heavy atom. The van der Waals surface area contributed by atoms with E-state index in [4.69, 9.17) is 12.2 Å². The van der Waals surface area contributed by atoms with Crippen molar-refractivity contribution in [1.29, 1.82) is 0 Å². The molecule has 0 bridgehead atoms. The number of hydrogen-bond donors (Lipinski definition) is 0. The SMILES string of the molecule is CN(C)C(=S)Sn1ccc2cc(F)ccc21. The monoisotopic (exact) mass is 254 g/mol. The quantitative estimate of drug-likeness (QED) is 0.723. The summed E-state index contributed by atoms with van der Waals surface area (Å²) in [4.78, 5) is 1.87. The molecule has 0 saturated heterocycles. The number of rotatable bonds is 1. The van der Waals surface area contributed by atoms with Crippen molar-refractivity contribution in [3.63, 3.8) is 0 Å². The van der Waals surface area contributed by atoms with Crippen LogP contribution in [0.4, 0.5) is 4.39 Å². The summed E-state index contributed by atoms with van der Waals surface area (Å²) in [5.41, 5.74) is 0.968. The van der Waals surface area contributed by atoms with Crippen molar-refractivity contribution in [3.05, 3.63) is 36.3 Å². The molecule has 0 aliphatic heterocycles. The summed E-state index contributed by atoms with van der Waals surface area (Å²) < 4.78 is 15.7. The van der Waals surface area contributed by atoms with Crippen LogP contribution in [0.3, 0.4) is 0 Å². The molecule has 2 aromatic rings. The average Bonchev–Trinajstić information content (AvgIpc) is 2.60. The predicted octanol–water partition coefficient (Wildman–Crippen LogP) is 3.12. The Morgan fingerprint density at radius 3 is 2.81 bits per heavy atom. The Bertz CT molecular complexity index is 534. The molecular weight excluding hydrogens is 243 g/mol. The van der Waals surface area contributed by atoms with Crippen LogP contribution in [-0.2, 0) is 0 Å². The van der Waals surface area contributed by atoms with E-state index in [0.29, 0.717) is 0 Å². The van der Waals surface area contributed by atoms with Gasteiger partial charge in [-0.25, -0.2) is 4.39 Å². The van der Waals surface area contributed by atoms with Crippen LogP contribution in [0.15, 0.2) is 30.5 Å². The van der Waals surface area contributed by atoms with Crippen molar-refractivity contribution in [2.45, 2.75) is 0 Å². The lowest BCUT2D eigenvalue weighted by molar-refractivity contribution is 0.629. The molecular formula is C11H11FN2S2. The zero-order chi connectivity index (χ0) is 11.7. The van der Waals surface area contributed by atoms with E-state index >= 15 is 0 Å². The summed E-state index contributed by atoms with van der Waals surface area (Å²) in [6.45, 7) is 0. The van der Waals surface area contributed by atoms with Gasteiger partial charge < -0.3 is 4.90 Å². The fraction of sp³-hybridized carbons (Fsp3) is 0.182. The molecule has 0 amide bonds. The zero-order valence-electron chi connectivity index (χ0n) is 8.98. The van der Waals surface area contributed by atoms with Gasteiger partial charge in [0.15, 0.2) is 4.32 Å². The molecule has 0 spiro atoms. The maximum absolute atomic E-state index is 13.0. The Labute approximate surface area is 103 Å². The molecule has 0 aliphatic rings. The van der Waals surface area contributed by atoms with E-state index in [0.717, 1.165) is 15.2 Å². The average molecular weight is 254 g/mol. The first-order chi connectivity index (χ1) is 7.58. The third-order valence-electron chi connectivity index (χ3n) is 2.16. The summed E-state index contributed by atoms with van der Waals surface area (Å²) in [6, 6.07) is 6.61. The summed E-state index contributed by atoms with van der Waals surface area (Å²) in [5.74, 6) is -0.217. The number of aromatic nitrogens is 1. The highest BCUT2D eigenvalue weighted by atomic mass is 32.2. The third kappa shape index (κ3) is 2.20. The molecule has 0 N–H and O–H groups in total. The fourth-order valence-electron chi connectivity index (χ4n) is 1.33. The Morgan fingerprint density at radius 2 is 2.12 bits per heavy atom. The molecule has 2 nitrogen and oxygen atoms in total. The predicted molar refractivity (Wildman–Crippen MR) is 71.2 cm³/mol. The maximum Gasteiger partial charge on any atom is 0.156 e. The molecule has 0 radical (unpaired) electrons. The van der Waals surface area contributed by atoms with E-state index in [2.05, 4.69) is 0 Å². The molecule has 84 valence electrons. The molecule has 5 heteroatoms. The van der Waals surface area contributed by atoms with Crippen LogP contribution in [0.1, 0.15) is 0 Å². The van der Waals surface area contributed by atoms with Gasteiger partial charge in [0.2, 0.25) is 0 Å². The van der Waals surface area contributed by atoms with Crippen molar-refractivity contribution >= 4 is 39.4 Å². The third-order valence-corrected chi connectivity index (χ3v) is 3.78. The van der Waals surface area contributed by atoms with Crippen molar-refractivity contribution in [2.24, 2.45) is 0 Å². The second kappa shape index (κ2) is 4.43. The summed E-state index contributed by atoms with van der Waals surface area (Å²) in [7, 11) is 3.81. The van der Waals surface area contributed by atoms with Gasteiger partial charge in [0.1, 0.15) is 5.82 Å². The van der Waals surface area contributed by atoms with Crippen LogP contribution in [-0.4, -0.2) is 27.3 Å². The number of fused-ring (bicyclic) bond motifs is 1. The molecule has 0 fully saturated rings. The Hall–Kier alpha value is -1.07. The van der Waals surface area contributed by atoms with Crippen LogP contribution >= 0.6 is 24.2 Å². The summed E-state index contributed by atoms with van der Waals surface area (Å²) in [6.07, 6.45) is 1.89. The standard InChI is InChI=1S/C11H11FN2S2/c1-13(2)11(15)16-14-6-5-8-7-9(12)3-4-10(8)14/h3-7H,1-2H3. The molecule has 1 heterocycles. The minimum atomic E-state index is -0.217. The zero-order valence-corrected chi connectivity index (χ0v) is 10.6. The molecule has 0 unspecified atom stereocenters. The van der Waals surface area contributed by atoms with Crippen LogP contribution < -0.4 is 0 Å². The molecule has 1 aromatic heterocycles. The lowest BCUT2D eigenvalue weighted by Gasteiger charge is -2.13. The molecule has 0 aliphatic carbocycles. The molecule has 0 atom stereocenters. The van der Waals surface area contributed by atoms with Crippen LogP contribution in [0.5, 0.6) is 0 Å². The van der Waals surface area contributed by atoms with Gasteiger partial charge in [-0.15, -0.1) is 0 Å². The topological polar surface area (TPSA) is 8.17 Å². The maximum atomic E-state index is 13.0. The highest BCUT2D eigenvalue weighted by Gasteiger charge is 2.06. The van der Waals surface area contributed by atoms with Crippen LogP contribution in [0, 0.1) is 5.82 Å². The van der Waals surface area contributed by atoms with Crippen molar-refractivity contribution in [1.82, 2.24) is 8.87 Å². The van der Waals surface area contributed by atoms with Gasteiger partial charge in [-0.05, 0) is 24.3 Å². The van der Waals surface area contributed by atoms with Gasteiger partial charge >= 0.3 is 0 Å². The van der Waals surface area contributed by atoms with Gasteiger partial charge in [-0.2, -0.15) is 0 Å². The van der Waals surface area contributed by atoms with E-state index in [1.54, 1.807) is 6.07 Å². The van der Waals surface area contributed by atoms with Gasteiger partial charge in [-0.3, -0.25) is 3.97 Å². The summed E-state index contributed by atoms with van der Waals surface area (Å²) >= 11 is 6.65. The van der Waals surface area contributed by atoms with Gasteiger partial charge in [0.25, 0.3) is 0 Å². The van der Waals surface area contributed by atoms with E-state index in [-0.39, 0.29) is 5.82 Å². The molecule has 1 aromatic carbocycles. The second-order valence-corrected chi connectivity index (χ2v) is 5.20. The van der Waals surface area contributed by atoms with E-state index in [1.807, 2.05) is 35.2 Å². The second-order valence-electron chi connectivity index (χ2n) is 3.60.